The van der Waals surface area contributed by atoms with E-state index in [9.17, 15) is 0 Å². The molecule has 0 aliphatic carbocycles. The first-order valence-electron chi connectivity index (χ1n) is 3.85. The number of hydrogen-bond donors (Lipinski definition) is 2. The van der Waals surface area contributed by atoms with Gasteiger partial charge in [-0.05, 0) is 18.5 Å². The fraction of sp³-hybridized carbons (Fsp3) is 0.333. The number of nitrogens with two attached hydrogens (primary N) is 2. The summed E-state index contributed by atoms with van der Waals surface area (Å²) in [5.74, 6) is 0. The lowest BCUT2D eigenvalue weighted by Crippen LogP contribution is -2.14. The molecule has 0 spiro atoms. The van der Waals surface area contributed by atoms with Crippen LogP contribution < -0.4 is 11.5 Å². The lowest BCUT2D eigenvalue weighted by molar-refractivity contribution is 0.661. The van der Waals surface area contributed by atoms with Crippen molar-refractivity contribution in [2.45, 2.75) is 12.5 Å². The molecule has 0 bridgehead atoms. The predicted octanol–water partition coefficient (Wildman–Crippen LogP) is 1.46. The molecule has 1 aromatic carbocycles. The van der Waals surface area contributed by atoms with Crippen molar-refractivity contribution in [1.29, 1.82) is 0 Å². The summed E-state index contributed by atoms with van der Waals surface area (Å²) in [6.07, 6.45) is 0.851. The van der Waals surface area contributed by atoms with E-state index < -0.39 is 0 Å². The molecule has 0 saturated carbocycles. The summed E-state index contributed by atoms with van der Waals surface area (Å²) in [6.45, 7) is 0.649. The Kier molecular flexibility index (Phi) is 5.72. The van der Waals surface area contributed by atoms with Gasteiger partial charge >= 0.3 is 0 Å². The molecule has 0 amide bonds. The molecule has 12 heavy (non-hydrogen) atoms. The van der Waals surface area contributed by atoms with Crippen LogP contribution in [0.2, 0.25) is 0 Å². The molecule has 0 aliphatic heterocycles. The third kappa shape index (κ3) is 3.22. The zero-order valence-corrected chi connectivity index (χ0v) is 7.76. The van der Waals surface area contributed by atoms with Gasteiger partial charge in [-0.1, -0.05) is 30.3 Å². The largest absolute Gasteiger partial charge is 0.330 e. The van der Waals surface area contributed by atoms with Gasteiger partial charge in [0.05, 0.1) is 0 Å². The maximum Gasteiger partial charge on any atom is 0.0306 e. The van der Waals surface area contributed by atoms with Gasteiger partial charge in [0.1, 0.15) is 0 Å². The maximum absolute atomic E-state index is 5.83. The second kappa shape index (κ2) is 6.00. The SMILES string of the molecule is Cl.NCC[C@H](N)c1ccccc1. The van der Waals surface area contributed by atoms with Gasteiger partial charge in [0.25, 0.3) is 0 Å². The van der Waals surface area contributed by atoms with Crippen LogP contribution in [0, 0.1) is 0 Å². The van der Waals surface area contributed by atoms with E-state index in [1.807, 2.05) is 30.3 Å². The van der Waals surface area contributed by atoms with Gasteiger partial charge < -0.3 is 11.5 Å². The van der Waals surface area contributed by atoms with Crippen LogP contribution >= 0.6 is 12.4 Å². The number of rotatable bonds is 3. The molecule has 2 nitrogen and oxygen atoms in total. The van der Waals surface area contributed by atoms with Crippen molar-refractivity contribution < 1.29 is 0 Å². The molecule has 0 heterocycles. The van der Waals surface area contributed by atoms with Crippen LogP contribution in [0.3, 0.4) is 0 Å². The maximum atomic E-state index is 5.83. The van der Waals surface area contributed by atoms with E-state index in [1.54, 1.807) is 0 Å². The molecule has 0 aliphatic rings. The van der Waals surface area contributed by atoms with E-state index in [-0.39, 0.29) is 18.4 Å². The second-order valence-electron chi connectivity index (χ2n) is 2.59. The lowest BCUT2D eigenvalue weighted by Gasteiger charge is -2.09. The van der Waals surface area contributed by atoms with Gasteiger partial charge in [-0.3, -0.25) is 0 Å². The predicted molar refractivity (Wildman–Crippen MR) is 54.3 cm³/mol. The number of benzene rings is 1. The molecular formula is C9H15ClN2. The molecule has 0 fully saturated rings. The first-order chi connectivity index (χ1) is 5.34. The van der Waals surface area contributed by atoms with E-state index in [0.29, 0.717) is 6.54 Å². The zero-order chi connectivity index (χ0) is 8.10. The van der Waals surface area contributed by atoms with E-state index in [4.69, 9.17) is 11.5 Å². The normalized spacial score (nSPS) is 11.8. The highest BCUT2D eigenvalue weighted by atomic mass is 35.5. The monoisotopic (exact) mass is 186 g/mol. The average molecular weight is 187 g/mol. The fourth-order valence-corrected chi connectivity index (χ4v) is 1.05. The molecule has 0 unspecified atom stereocenters. The highest BCUT2D eigenvalue weighted by Gasteiger charge is 2.01. The van der Waals surface area contributed by atoms with Crippen molar-refractivity contribution in [3.63, 3.8) is 0 Å². The van der Waals surface area contributed by atoms with Crippen LogP contribution in [-0.4, -0.2) is 6.54 Å². The van der Waals surface area contributed by atoms with Crippen LogP contribution in [-0.2, 0) is 0 Å². The average Bonchev–Trinajstić information content (AvgIpc) is 2.07. The quantitative estimate of drug-likeness (QED) is 0.751. The molecule has 1 aromatic rings. The minimum absolute atomic E-state index is 0. The Labute approximate surface area is 79.4 Å². The van der Waals surface area contributed by atoms with E-state index in [1.165, 1.54) is 0 Å². The second-order valence-corrected chi connectivity index (χ2v) is 2.59. The Hall–Kier alpha value is -0.570. The van der Waals surface area contributed by atoms with Crippen molar-refractivity contribution in [3.05, 3.63) is 35.9 Å². The molecule has 0 saturated heterocycles. The summed E-state index contributed by atoms with van der Waals surface area (Å²) in [5.41, 5.74) is 12.4. The molecule has 1 atom stereocenters. The first-order valence-corrected chi connectivity index (χ1v) is 3.85. The highest BCUT2D eigenvalue weighted by Crippen LogP contribution is 2.11. The number of halogens is 1. The third-order valence-electron chi connectivity index (χ3n) is 1.71. The first kappa shape index (κ1) is 11.4. The van der Waals surface area contributed by atoms with Crippen LogP contribution in [0.25, 0.3) is 0 Å². The van der Waals surface area contributed by atoms with Gasteiger partial charge in [-0.15, -0.1) is 12.4 Å². The van der Waals surface area contributed by atoms with E-state index in [2.05, 4.69) is 0 Å². The minimum atomic E-state index is 0. The van der Waals surface area contributed by atoms with Crippen LogP contribution in [0.4, 0.5) is 0 Å². The third-order valence-corrected chi connectivity index (χ3v) is 1.71. The smallest absolute Gasteiger partial charge is 0.0306 e. The molecule has 4 N–H and O–H groups in total. The van der Waals surface area contributed by atoms with Crippen LogP contribution in [0.1, 0.15) is 18.0 Å². The van der Waals surface area contributed by atoms with Crippen molar-refractivity contribution in [2.24, 2.45) is 11.5 Å². The molecule has 0 aromatic heterocycles. The van der Waals surface area contributed by atoms with Gasteiger partial charge in [-0.2, -0.15) is 0 Å². The Balaban J connectivity index is 0.00000121. The molecule has 68 valence electrons. The molecule has 1 rings (SSSR count). The van der Waals surface area contributed by atoms with Gasteiger partial charge in [0, 0.05) is 6.04 Å². The Morgan fingerprint density at radius 3 is 2.25 bits per heavy atom. The highest BCUT2D eigenvalue weighted by molar-refractivity contribution is 5.85. The van der Waals surface area contributed by atoms with Crippen molar-refractivity contribution in [2.75, 3.05) is 6.54 Å². The van der Waals surface area contributed by atoms with Gasteiger partial charge in [0.15, 0.2) is 0 Å². The van der Waals surface area contributed by atoms with Crippen molar-refractivity contribution in [1.82, 2.24) is 0 Å². The number of hydrogen-bond acceptors (Lipinski definition) is 2. The van der Waals surface area contributed by atoms with Gasteiger partial charge in [-0.25, -0.2) is 0 Å². The topological polar surface area (TPSA) is 52.0 Å². The Morgan fingerprint density at radius 2 is 1.75 bits per heavy atom. The zero-order valence-electron chi connectivity index (χ0n) is 6.94. The van der Waals surface area contributed by atoms with Crippen LogP contribution in [0.15, 0.2) is 30.3 Å². The summed E-state index contributed by atoms with van der Waals surface area (Å²) in [7, 11) is 0. The van der Waals surface area contributed by atoms with Crippen LogP contribution in [0.5, 0.6) is 0 Å². The van der Waals surface area contributed by atoms with Gasteiger partial charge in [0.2, 0.25) is 0 Å². The fourth-order valence-electron chi connectivity index (χ4n) is 1.05. The standard InChI is InChI=1S/C9H14N2.ClH/c10-7-6-9(11)8-4-2-1-3-5-8;/h1-5,9H,6-7,10-11H2;1H/t9-;/m0./s1. The summed E-state index contributed by atoms with van der Waals surface area (Å²) < 4.78 is 0. The van der Waals surface area contributed by atoms with E-state index in [0.717, 1.165) is 12.0 Å². The summed E-state index contributed by atoms with van der Waals surface area (Å²) >= 11 is 0. The minimum Gasteiger partial charge on any atom is -0.330 e. The Morgan fingerprint density at radius 1 is 1.17 bits per heavy atom. The lowest BCUT2D eigenvalue weighted by atomic mass is 10.1. The summed E-state index contributed by atoms with van der Waals surface area (Å²) in [4.78, 5) is 0. The summed E-state index contributed by atoms with van der Waals surface area (Å²) in [5, 5.41) is 0. The molecule has 3 heteroatoms. The summed E-state index contributed by atoms with van der Waals surface area (Å²) in [6, 6.07) is 10.1. The molecular weight excluding hydrogens is 172 g/mol. The molecule has 0 radical (unpaired) electrons. The van der Waals surface area contributed by atoms with E-state index >= 15 is 0 Å². The van der Waals surface area contributed by atoms with Crippen molar-refractivity contribution >= 4 is 12.4 Å². The Bertz CT molecular complexity index is 201. The van der Waals surface area contributed by atoms with Crippen molar-refractivity contribution in [3.8, 4) is 0 Å².